The molecule has 0 radical (unpaired) electrons. The number of aliphatic hydroxyl groups excluding tert-OH is 1. The van der Waals surface area contributed by atoms with Crippen LogP contribution in [0.15, 0.2) is 24.3 Å². The van der Waals surface area contributed by atoms with Gasteiger partial charge < -0.3 is 5.11 Å². The molecule has 14 heavy (non-hydrogen) atoms. The summed E-state index contributed by atoms with van der Waals surface area (Å²) in [5.41, 5.74) is 2.98. The summed E-state index contributed by atoms with van der Waals surface area (Å²) in [5, 5.41) is 8.83. The van der Waals surface area contributed by atoms with Crippen molar-refractivity contribution in [1.82, 2.24) is 0 Å². The zero-order valence-electron chi connectivity index (χ0n) is 8.58. The minimum atomic E-state index is 0.305. The summed E-state index contributed by atoms with van der Waals surface area (Å²) in [4.78, 5) is 0. The molecule has 76 valence electrons. The van der Waals surface area contributed by atoms with E-state index in [9.17, 15) is 0 Å². The van der Waals surface area contributed by atoms with Crippen LogP contribution in [-0.4, -0.2) is 11.7 Å². The van der Waals surface area contributed by atoms with E-state index in [0.29, 0.717) is 6.61 Å². The van der Waals surface area contributed by atoms with Crippen LogP contribution in [0.2, 0.25) is 0 Å². The molecule has 1 aromatic carbocycles. The average Bonchev–Trinajstić information content (AvgIpc) is 2.14. The van der Waals surface area contributed by atoms with Crippen LogP contribution in [0.1, 0.15) is 42.7 Å². The Labute approximate surface area is 85.8 Å². The van der Waals surface area contributed by atoms with Gasteiger partial charge in [-0.1, -0.05) is 30.7 Å². The SMILES string of the molecule is OCCCc1ccccc1C1CCC1. The summed E-state index contributed by atoms with van der Waals surface area (Å²) >= 11 is 0. The molecule has 0 unspecified atom stereocenters. The fraction of sp³-hybridized carbons (Fsp3) is 0.538. The van der Waals surface area contributed by atoms with Crippen LogP contribution in [0.3, 0.4) is 0 Å². The third-order valence-electron chi connectivity index (χ3n) is 3.20. The van der Waals surface area contributed by atoms with Gasteiger partial charge in [0.1, 0.15) is 0 Å². The topological polar surface area (TPSA) is 20.2 Å². The third kappa shape index (κ3) is 1.98. The molecule has 0 aromatic heterocycles. The number of benzene rings is 1. The normalized spacial score (nSPS) is 16.6. The van der Waals surface area contributed by atoms with E-state index >= 15 is 0 Å². The molecule has 2 rings (SSSR count). The number of rotatable bonds is 4. The first-order valence-corrected chi connectivity index (χ1v) is 5.60. The molecule has 0 spiro atoms. The Kier molecular flexibility index (Phi) is 3.20. The smallest absolute Gasteiger partial charge is 0.0434 e. The van der Waals surface area contributed by atoms with E-state index in [1.54, 1.807) is 0 Å². The third-order valence-corrected chi connectivity index (χ3v) is 3.20. The van der Waals surface area contributed by atoms with Gasteiger partial charge in [0.25, 0.3) is 0 Å². The van der Waals surface area contributed by atoms with Gasteiger partial charge in [-0.15, -0.1) is 0 Å². The van der Waals surface area contributed by atoms with Crippen molar-refractivity contribution < 1.29 is 5.11 Å². The first kappa shape index (κ1) is 9.72. The zero-order valence-corrected chi connectivity index (χ0v) is 8.58. The quantitative estimate of drug-likeness (QED) is 0.774. The lowest BCUT2D eigenvalue weighted by Crippen LogP contribution is -2.11. The Morgan fingerprint density at radius 3 is 2.64 bits per heavy atom. The summed E-state index contributed by atoms with van der Waals surface area (Å²) in [7, 11) is 0. The predicted molar refractivity (Wildman–Crippen MR) is 58.4 cm³/mol. The molecular formula is C13H18O. The first-order valence-electron chi connectivity index (χ1n) is 5.60. The van der Waals surface area contributed by atoms with Gasteiger partial charge in [-0.2, -0.15) is 0 Å². The maximum Gasteiger partial charge on any atom is 0.0434 e. The van der Waals surface area contributed by atoms with Crippen LogP contribution >= 0.6 is 0 Å². The molecule has 0 aliphatic heterocycles. The molecule has 0 amide bonds. The van der Waals surface area contributed by atoms with Gasteiger partial charge in [0.2, 0.25) is 0 Å². The standard InChI is InChI=1S/C13H18O/c14-10-4-8-11-5-1-2-9-13(11)12-6-3-7-12/h1-2,5,9,12,14H,3-4,6-8,10H2. The van der Waals surface area contributed by atoms with E-state index in [0.717, 1.165) is 18.8 Å². The minimum absolute atomic E-state index is 0.305. The molecule has 1 aromatic rings. The maximum atomic E-state index is 8.83. The van der Waals surface area contributed by atoms with Crippen molar-refractivity contribution in [1.29, 1.82) is 0 Å². The van der Waals surface area contributed by atoms with E-state index < -0.39 is 0 Å². The Bertz CT molecular complexity index is 289. The summed E-state index contributed by atoms with van der Waals surface area (Å²) in [5.74, 6) is 0.810. The molecular weight excluding hydrogens is 172 g/mol. The van der Waals surface area contributed by atoms with Crippen LogP contribution in [0.25, 0.3) is 0 Å². The molecule has 1 saturated carbocycles. The van der Waals surface area contributed by atoms with Gasteiger partial charge in [-0.3, -0.25) is 0 Å². The highest BCUT2D eigenvalue weighted by atomic mass is 16.2. The summed E-state index contributed by atoms with van der Waals surface area (Å²) in [6.45, 7) is 0.305. The fourth-order valence-corrected chi connectivity index (χ4v) is 2.15. The first-order chi connectivity index (χ1) is 6.92. The number of hydrogen-bond acceptors (Lipinski definition) is 1. The van der Waals surface area contributed by atoms with E-state index in [-0.39, 0.29) is 0 Å². The summed E-state index contributed by atoms with van der Waals surface area (Å²) in [6.07, 6.45) is 6.03. The molecule has 0 saturated heterocycles. The van der Waals surface area contributed by atoms with Gasteiger partial charge in [-0.25, -0.2) is 0 Å². The molecule has 1 nitrogen and oxygen atoms in total. The number of aliphatic hydroxyl groups is 1. The molecule has 1 fully saturated rings. The van der Waals surface area contributed by atoms with Crippen molar-refractivity contribution >= 4 is 0 Å². The zero-order chi connectivity index (χ0) is 9.80. The van der Waals surface area contributed by atoms with Crippen molar-refractivity contribution in [2.75, 3.05) is 6.61 Å². The Morgan fingerprint density at radius 1 is 1.21 bits per heavy atom. The van der Waals surface area contributed by atoms with Crippen LogP contribution in [0.4, 0.5) is 0 Å². The maximum absolute atomic E-state index is 8.83. The molecule has 1 heteroatoms. The van der Waals surface area contributed by atoms with Gasteiger partial charge in [0, 0.05) is 6.61 Å². The monoisotopic (exact) mass is 190 g/mol. The van der Waals surface area contributed by atoms with Gasteiger partial charge in [0.05, 0.1) is 0 Å². The summed E-state index contributed by atoms with van der Waals surface area (Å²) < 4.78 is 0. The van der Waals surface area contributed by atoms with Crippen molar-refractivity contribution in [2.45, 2.75) is 38.0 Å². The summed E-state index contributed by atoms with van der Waals surface area (Å²) in [6, 6.07) is 8.71. The second-order valence-electron chi connectivity index (χ2n) is 4.15. The molecule has 1 N–H and O–H groups in total. The molecule has 0 atom stereocenters. The largest absolute Gasteiger partial charge is 0.396 e. The Hall–Kier alpha value is -0.820. The van der Waals surface area contributed by atoms with E-state index in [4.69, 9.17) is 5.11 Å². The van der Waals surface area contributed by atoms with Crippen molar-refractivity contribution in [3.63, 3.8) is 0 Å². The Morgan fingerprint density at radius 2 is 2.00 bits per heavy atom. The second kappa shape index (κ2) is 4.61. The average molecular weight is 190 g/mol. The van der Waals surface area contributed by atoms with E-state index in [1.165, 1.54) is 30.4 Å². The molecule has 1 aliphatic rings. The van der Waals surface area contributed by atoms with Crippen LogP contribution in [0, 0.1) is 0 Å². The van der Waals surface area contributed by atoms with Crippen molar-refractivity contribution in [3.05, 3.63) is 35.4 Å². The molecule has 1 aliphatic carbocycles. The van der Waals surface area contributed by atoms with Crippen LogP contribution in [-0.2, 0) is 6.42 Å². The van der Waals surface area contributed by atoms with Gasteiger partial charge in [0.15, 0.2) is 0 Å². The molecule has 0 bridgehead atoms. The highest BCUT2D eigenvalue weighted by molar-refractivity contribution is 5.31. The Balaban J connectivity index is 2.11. The lowest BCUT2D eigenvalue weighted by atomic mass is 9.77. The highest BCUT2D eigenvalue weighted by Gasteiger charge is 2.21. The van der Waals surface area contributed by atoms with Crippen molar-refractivity contribution in [3.8, 4) is 0 Å². The highest BCUT2D eigenvalue weighted by Crippen LogP contribution is 2.38. The van der Waals surface area contributed by atoms with E-state index in [1.807, 2.05) is 0 Å². The lowest BCUT2D eigenvalue weighted by molar-refractivity contribution is 0.288. The predicted octanol–water partition coefficient (Wildman–Crippen LogP) is 2.88. The fourth-order valence-electron chi connectivity index (χ4n) is 2.15. The van der Waals surface area contributed by atoms with Gasteiger partial charge >= 0.3 is 0 Å². The number of aryl methyl sites for hydroxylation is 1. The van der Waals surface area contributed by atoms with Crippen LogP contribution in [0.5, 0.6) is 0 Å². The minimum Gasteiger partial charge on any atom is -0.396 e. The second-order valence-corrected chi connectivity index (χ2v) is 4.15. The van der Waals surface area contributed by atoms with Crippen LogP contribution < -0.4 is 0 Å². The lowest BCUT2D eigenvalue weighted by Gasteiger charge is -2.28. The van der Waals surface area contributed by atoms with Crippen molar-refractivity contribution in [2.24, 2.45) is 0 Å². The van der Waals surface area contributed by atoms with Gasteiger partial charge in [-0.05, 0) is 42.7 Å². The number of hydrogen-bond donors (Lipinski definition) is 1. The molecule has 0 heterocycles. The van der Waals surface area contributed by atoms with E-state index in [2.05, 4.69) is 24.3 Å².